The molecule has 2 aliphatic rings. The van der Waals surface area contributed by atoms with Gasteiger partial charge in [-0.1, -0.05) is 0 Å². The number of nitrogens with zero attached hydrogens (tertiary/aromatic N) is 5. The fourth-order valence-corrected chi connectivity index (χ4v) is 3.27. The quantitative estimate of drug-likeness (QED) is 0.420. The zero-order chi connectivity index (χ0) is 17.3. The first kappa shape index (κ1) is 20.0. The van der Waals surface area contributed by atoms with E-state index in [1.54, 1.807) is 0 Å². The number of carbonyl (C=O) groups excluding carboxylic acids is 1. The molecule has 0 atom stereocenters. The van der Waals surface area contributed by atoms with Gasteiger partial charge in [-0.15, -0.1) is 24.0 Å². The first-order chi connectivity index (χ1) is 11.5. The van der Waals surface area contributed by atoms with Crippen molar-refractivity contribution < 1.29 is 4.79 Å². The molecule has 2 heterocycles. The number of aliphatic imine (C=N–C) groups is 1. The number of aromatic nitrogens is 2. The molecule has 2 fully saturated rings. The lowest BCUT2D eigenvalue weighted by Gasteiger charge is -2.36. The molecule has 0 bridgehead atoms. The van der Waals surface area contributed by atoms with Gasteiger partial charge in [-0.2, -0.15) is 5.10 Å². The van der Waals surface area contributed by atoms with E-state index < -0.39 is 0 Å². The minimum atomic E-state index is 0. The Bertz CT molecular complexity index is 652. The van der Waals surface area contributed by atoms with Crippen molar-refractivity contribution in [3.8, 4) is 0 Å². The van der Waals surface area contributed by atoms with Crippen molar-refractivity contribution in [3.63, 3.8) is 0 Å². The van der Waals surface area contributed by atoms with Gasteiger partial charge in [0, 0.05) is 44.0 Å². The molecule has 1 aromatic heterocycles. The summed E-state index contributed by atoms with van der Waals surface area (Å²) in [7, 11) is 1.95. The summed E-state index contributed by atoms with van der Waals surface area (Å²) in [4.78, 5) is 21.3. The highest BCUT2D eigenvalue weighted by atomic mass is 127. The normalized spacial score (nSPS) is 18.4. The minimum Gasteiger partial charge on any atom is -0.356 e. The van der Waals surface area contributed by atoms with Crippen molar-refractivity contribution >= 4 is 35.8 Å². The van der Waals surface area contributed by atoms with Crippen LogP contribution in [-0.4, -0.2) is 63.7 Å². The van der Waals surface area contributed by atoms with Gasteiger partial charge < -0.3 is 15.1 Å². The van der Waals surface area contributed by atoms with E-state index in [1.807, 2.05) is 23.6 Å². The summed E-state index contributed by atoms with van der Waals surface area (Å²) in [5.41, 5.74) is 3.32. The molecule has 0 aromatic carbocycles. The second kappa shape index (κ2) is 8.37. The van der Waals surface area contributed by atoms with Crippen molar-refractivity contribution in [2.24, 2.45) is 12.0 Å². The van der Waals surface area contributed by atoms with Crippen LogP contribution in [0.1, 0.15) is 36.7 Å². The maximum atomic E-state index is 12.4. The third-order valence-corrected chi connectivity index (χ3v) is 4.93. The Morgan fingerprint density at radius 3 is 2.56 bits per heavy atom. The van der Waals surface area contributed by atoms with Gasteiger partial charge in [0.2, 0.25) is 5.91 Å². The van der Waals surface area contributed by atoms with Crippen molar-refractivity contribution in [2.75, 3.05) is 26.2 Å². The molecule has 0 radical (unpaired) electrons. The van der Waals surface area contributed by atoms with E-state index in [0.29, 0.717) is 19.1 Å². The van der Waals surface area contributed by atoms with Crippen LogP contribution in [0.25, 0.3) is 0 Å². The van der Waals surface area contributed by atoms with E-state index in [2.05, 4.69) is 29.2 Å². The summed E-state index contributed by atoms with van der Waals surface area (Å²) < 4.78 is 1.89. The second-order valence-electron chi connectivity index (χ2n) is 6.68. The zero-order valence-electron chi connectivity index (χ0n) is 15.6. The lowest BCUT2D eigenvalue weighted by Crippen LogP contribution is -2.55. The summed E-state index contributed by atoms with van der Waals surface area (Å²) >= 11 is 0. The monoisotopic (exact) mass is 460 g/mol. The van der Waals surface area contributed by atoms with Crippen LogP contribution in [-0.2, 0) is 18.4 Å². The molecular formula is C17H29IN6O. The number of piperazine rings is 1. The number of rotatable bonds is 4. The molecule has 0 spiro atoms. The SMILES string of the molecule is CCNC(=NCc1c(C)nn(C)c1C)N1CCN(C2CC2)C(=O)C1.I. The van der Waals surface area contributed by atoms with Crippen LogP contribution in [0.4, 0.5) is 0 Å². The molecule has 7 nitrogen and oxygen atoms in total. The molecule has 25 heavy (non-hydrogen) atoms. The van der Waals surface area contributed by atoms with E-state index in [-0.39, 0.29) is 29.9 Å². The number of nitrogens with one attached hydrogen (secondary N) is 1. The fourth-order valence-electron chi connectivity index (χ4n) is 3.27. The topological polar surface area (TPSA) is 65.8 Å². The van der Waals surface area contributed by atoms with Crippen molar-refractivity contribution in [1.82, 2.24) is 24.9 Å². The van der Waals surface area contributed by atoms with E-state index in [0.717, 1.165) is 42.5 Å². The molecule has 1 aliphatic carbocycles. The third kappa shape index (κ3) is 4.45. The molecule has 8 heteroatoms. The molecule has 1 saturated carbocycles. The number of amides is 1. The summed E-state index contributed by atoms with van der Waals surface area (Å²) in [5, 5.41) is 7.77. The van der Waals surface area contributed by atoms with E-state index >= 15 is 0 Å². The Kier molecular flexibility index (Phi) is 6.70. The van der Waals surface area contributed by atoms with Gasteiger partial charge in [0.25, 0.3) is 0 Å². The van der Waals surface area contributed by atoms with Crippen molar-refractivity contribution in [2.45, 2.75) is 46.2 Å². The molecule has 140 valence electrons. The predicted octanol–water partition coefficient (Wildman–Crippen LogP) is 1.43. The number of guanidine groups is 1. The van der Waals surface area contributed by atoms with Gasteiger partial charge >= 0.3 is 0 Å². The Labute approximate surface area is 166 Å². The van der Waals surface area contributed by atoms with Gasteiger partial charge in [0.15, 0.2) is 5.96 Å². The second-order valence-corrected chi connectivity index (χ2v) is 6.68. The first-order valence-electron chi connectivity index (χ1n) is 8.83. The Hall–Kier alpha value is -1.32. The summed E-state index contributed by atoms with van der Waals surface area (Å²) in [6.07, 6.45) is 2.33. The molecule has 3 rings (SSSR count). The average Bonchev–Trinajstić information content (AvgIpc) is 3.34. The number of halogens is 1. The first-order valence-corrected chi connectivity index (χ1v) is 8.83. The van der Waals surface area contributed by atoms with Crippen LogP contribution in [0, 0.1) is 13.8 Å². The van der Waals surface area contributed by atoms with Gasteiger partial charge in [0.1, 0.15) is 0 Å². The Morgan fingerprint density at radius 2 is 2.04 bits per heavy atom. The van der Waals surface area contributed by atoms with Crippen LogP contribution < -0.4 is 5.32 Å². The zero-order valence-corrected chi connectivity index (χ0v) is 17.9. The van der Waals surface area contributed by atoms with Crippen molar-refractivity contribution in [1.29, 1.82) is 0 Å². The van der Waals surface area contributed by atoms with E-state index in [1.165, 1.54) is 12.8 Å². The van der Waals surface area contributed by atoms with Crippen LogP contribution in [0.2, 0.25) is 0 Å². The van der Waals surface area contributed by atoms with Gasteiger partial charge in [0.05, 0.1) is 18.8 Å². The molecule has 1 aromatic rings. The Balaban J connectivity index is 0.00000225. The van der Waals surface area contributed by atoms with Gasteiger partial charge in [-0.3, -0.25) is 9.48 Å². The van der Waals surface area contributed by atoms with E-state index in [4.69, 9.17) is 4.99 Å². The standard InChI is InChI=1S/C17H28N6O.HI/c1-5-18-17(19-10-15-12(2)20-21(4)13(15)3)22-8-9-23(14-6-7-14)16(24)11-22;/h14H,5-11H2,1-4H3,(H,18,19);1H. The average molecular weight is 460 g/mol. The molecular weight excluding hydrogens is 431 g/mol. The largest absolute Gasteiger partial charge is 0.356 e. The highest BCUT2D eigenvalue weighted by Crippen LogP contribution is 2.28. The number of aryl methyl sites for hydroxylation is 2. The molecule has 1 N–H and O–H groups in total. The highest BCUT2D eigenvalue weighted by molar-refractivity contribution is 14.0. The maximum absolute atomic E-state index is 12.4. The van der Waals surface area contributed by atoms with Crippen LogP contribution in [0.15, 0.2) is 4.99 Å². The molecule has 0 unspecified atom stereocenters. The van der Waals surface area contributed by atoms with Crippen LogP contribution in [0.3, 0.4) is 0 Å². The minimum absolute atomic E-state index is 0. The Morgan fingerprint density at radius 1 is 1.32 bits per heavy atom. The smallest absolute Gasteiger partial charge is 0.242 e. The highest BCUT2D eigenvalue weighted by Gasteiger charge is 2.36. The number of carbonyl (C=O) groups is 1. The summed E-state index contributed by atoms with van der Waals surface area (Å²) in [6.45, 7) is 9.59. The van der Waals surface area contributed by atoms with Gasteiger partial charge in [-0.25, -0.2) is 4.99 Å². The fraction of sp³-hybridized carbons (Fsp3) is 0.706. The summed E-state index contributed by atoms with van der Waals surface area (Å²) in [5.74, 6) is 1.05. The predicted molar refractivity (Wildman–Crippen MR) is 109 cm³/mol. The van der Waals surface area contributed by atoms with Crippen molar-refractivity contribution in [3.05, 3.63) is 17.0 Å². The van der Waals surface area contributed by atoms with Crippen LogP contribution >= 0.6 is 24.0 Å². The molecule has 1 saturated heterocycles. The molecule has 1 aliphatic heterocycles. The lowest BCUT2D eigenvalue weighted by atomic mass is 10.2. The third-order valence-electron chi connectivity index (χ3n) is 4.93. The van der Waals surface area contributed by atoms with E-state index in [9.17, 15) is 4.79 Å². The maximum Gasteiger partial charge on any atom is 0.242 e. The number of hydrogen-bond acceptors (Lipinski definition) is 3. The van der Waals surface area contributed by atoms with Gasteiger partial charge in [-0.05, 0) is 33.6 Å². The lowest BCUT2D eigenvalue weighted by molar-refractivity contribution is -0.135. The molecule has 1 amide bonds. The van der Waals surface area contributed by atoms with Crippen LogP contribution in [0.5, 0.6) is 0 Å². The number of hydrogen-bond donors (Lipinski definition) is 1. The summed E-state index contributed by atoms with van der Waals surface area (Å²) in [6, 6.07) is 0.500.